The maximum absolute atomic E-state index is 11.9. The second-order valence-corrected chi connectivity index (χ2v) is 8.03. The third-order valence-corrected chi connectivity index (χ3v) is 4.82. The van der Waals surface area contributed by atoms with Gasteiger partial charge in [-0.05, 0) is 49.4 Å². The summed E-state index contributed by atoms with van der Waals surface area (Å²) in [5.74, 6) is 0.547. The lowest BCUT2D eigenvalue weighted by Gasteiger charge is -2.13. The Morgan fingerprint density at radius 1 is 1.29 bits per heavy atom. The molecule has 24 heavy (non-hydrogen) atoms. The second kappa shape index (κ2) is 11.4. The van der Waals surface area contributed by atoms with Crippen molar-refractivity contribution in [3.63, 3.8) is 0 Å². The molecule has 1 aromatic rings. The molecule has 0 saturated heterocycles. The number of carbonyl (C=O) groups is 1. The first-order valence-corrected chi connectivity index (χ1v) is 9.70. The molecular weight excluding hydrogens is 320 g/mol. The average molecular weight is 353 g/mol. The zero-order valence-corrected chi connectivity index (χ0v) is 16.5. The minimum atomic E-state index is -0.163. The molecule has 0 bridgehead atoms. The third kappa shape index (κ3) is 8.60. The molecule has 1 atom stereocenters. The van der Waals surface area contributed by atoms with Crippen molar-refractivity contribution in [1.29, 1.82) is 0 Å². The molecule has 2 amide bonds. The third-order valence-electron chi connectivity index (χ3n) is 3.56. The largest absolute Gasteiger partial charge is 0.381 e. The lowest BCUT2D eigenvalue weighted by Crippen LogP contribution is -2.30. The average Bonchev–Trinajstić information content (AvgIpc) is 2.53. The Labute approximate surface area is 151 Å². The predicted octanol–water partition coefficient (Wildman–Crippen LogP) is 5.07. The van der Waals surface area contributed by atoms with Crippen LogP contribution in [0.5, 0.6) is 0 Å². The summed E-state index contributed by atoms with van der Waals surface area (Å²) in [5.41, 5.74) is 1.94. The molecule has 0 aliphatic heterocycles. The van der Waals surface area contributed by atoms with Crippen LogP contribution < -0.4 is 10.6 Å². The predicted molar refractivity (Wildman–Crippen MR) is 104 cm³/mol. The highest BCUT2D eigenvalue weighted by Crippen LogP contribution is 2.28. The number of carbonyl (C=O) groups excluding carboxylic acids is 1. The Morgan fingerprint density at radius 3 is 2.67 bits per heavy atom. The van der Waals surface area contributed by atoms with Crippen LogP contribution in [0.3, 0.4) is 0 Å². The van der Waals surface area contributed by atoms with E-state index in [1.807, 2.05) is 24.8 Å². The van der Waals surface area contributed by atoms with E-state index in [0.29, 0.717) is 24.3 Å². The van der Waals surface area contributed by atoms with Crippen molar-refractivity contribution >= 4 is 23.5 Å². The fourth-order valence-electron chi connectivity index (χ4n) is 2.03. The van der Waals surface area contributed by atoms with Gasteiger partial charge < -0.3 is 15.4 Å². The number of hydrogen-bond acceptors (Lipinski definition) is 3. The number of hydrogen-bond donors (Lipinski definition) is 2. The van der Waals surface area contributed by atoms with Crippen LogP contribution in [0.25, 0.3) is 0 Å². The molecule has 136 valence electrons. The van der Waals surface area contributed by atoms with Crippen molar-refractivity contribution in [3.05, 3.63) is 23.8 Å². The lowest BCUT2D eigenvalue weighted by molar-refractivity contribution is 0.108. The van der Waals surface area contributed by atoms with E-state index in [4.69, 9.17) is 4.74 Å². The van der Waals surface area contributed by atoms with E-state index in [1.165, 1.54) is 4.90 Å². The summed E-state index contributed by atoms with van der Waals surface area (Å²) < 4.78 is 5.49. The van der Waals surface area contributed by atoms with Gasteiger partial charge in [-0.1, -0.05) is 27.7 Å². The lowest BCUT2D eigenvalue weighted by atomic mass is 10.2. The molecule has 0 aliphatic rings. The number of rotatable bonds is 10. The smallest absolute Gasteiger partial charge is 0.319 e. The highest BCUT2D eigenvalue weighted by atomic mass is 32.2. The van der Waals surface area contributed by atoms with Crippen LogP contribution in [0.2, 0.25) is 0 Å². The topological polar surface area (TPSA) is 50.4 Å². The molecule has 1 unspecified atom stereocenters. The van der Waals surface area contributed by atoms with Crippen LogP contribution in [0.4, 0.5) is 10.5 Å². The fraction of sp³-hybridized carbons (Fsp3) is 0.632. The van der Waals surface area contributed by atoms with Gasteiger partial charge in [-0.25, -0.2) is 4.79 Å². The molecular formula is C19H32N2O2S. The van der Waals surface area contributed by atoms with Crippen LogP contribution in [0.1, 0.15) is 46.1 Å². The van der Waals surface area contributed by atoms with Crippen molar-refractivity contribution in [3.8, 4) is 0 Å². The van der Waals surface area contributed by atoms with E-state index in [0.717, 1.165) is 30.7 Å². The number of nitrogens with one attached hydrogen (secondary N) is 2. The van der Waals surface area contributed by atoms with Crippen LogP contribution in [-0.4, -0.2) is 31.0 Å². The number of anilines is 1. The summed E-state index contributed by atoms with van der Waals surface area (Å²) in [6.07, 6.45) is 1.97. The monoisotopic (exact) mass is 352 g/mol. The summed E-state index contributed by atoms with van der Waals surface area (Å²) in [6.45, 7) is 12.8. The van der Waals surface area contributed by atoms with Gasteiger partial charge in [-0.2, -0.15) is 0 Å². The first-order chi connectivity index (χ1) is 11.4. The van der Waals surface area contributed by atoms with Crippen LogP contribution in [0.15, 0.2) is 23.1 Å². The van der Waals surface area contributed by atoms with Gasteiger partial charge in [-0.15, -0.1) is 11.8 Å². The molecule has 0 spiro atoms. The summed E-state index contributed by atoms with van der Waals surface area (Å²) in [7, 11) is 0. The van der Waals surface area contributed by atoms with Crippen LogP contribution in [0, 0.1) is 12.8 Å². The van der Waals surface area contributed by atoms with Crippen LogP contribution in [-0.2, 0) is 4.74 Å². The molecule has 0 fully saturated rings. The molecule has 2 N–H and O–H groups in total. The molecule has 5 heteroatoms. The first kappa shape index (κ1) is 20.8. The van der Waals surface area contributed by atoms with E-state index in [-0.39, 0.29) is 6.03 Å². The zero-order valence-electron chi connectivity index (χ0n) is 15.6. The minimum absolute atomic E-state index is 0.163. The van der Waals surface area contributed by atoms with E-state index in [2.05, 4.69) is 50.5 Å². The van der Waals surface area contributed by atoms with Crippen molar-refractivity contribution in [1.82, 2.24) is 5.32 Å². The molecule has 0 aliphatic carbocycles. The number of urea groups is 1. The van der Waals surface area contributed by atoms with Gasteiger partial charge in [-0.3, -0.25) is 0 Å². The highest BCUT2D eigenvalue weighted by molar-refractivity contribution is 7.99. The maximum atomic E-state index is 11.9. The molecule has 1 aromatic carbocycles. The Morgan fingerprint density at radius 2 is 2.04 bits per heavy atom. The van der Waals surface area contributed by atoms with Crippen LogP contribution >= 0.6 is 11.8 Å². The summed E-state index contributed by atoms with van der Waals surface area (Å²) in [4.78, 5) is 13.2. The minimum Gasteiger partial charge on any atom is -0.381 e. The fourth-order valence-corrected chi connectivity index (χ4v) is 3.05. The van der Waals surface area contributed by atoms with Gasteiger partial charge in [0.25, 0.3) is 0 Å². The van der Waals surface area contributed by atoms with Gasteiger partial charge in [0, 0.05) is 35.6 Å². The van der Waals surface area contributed by atoms with E-state index in [9.17, 15) is 4.79 Å². The van der Waals surface area contributed by atoms with Crippen molar-refractivity contribution < 1.29 is 9.53 Å². The number of ether oxygens (including phenoxy) is 1. The van der Waals surface area contributed by atoms with E-state index >= 15 is 0 Å². The van der Waals surface area contributed by atoms with Gasteiger partial charge >= 0.3 is 6.03 Å². The quantitative estimate of drug-likeness (QED) is 0.456. The number of thioether (sulfide) groups is 1. The zero-order chi connectivity index (χ0) is 17.9. The van der Waals surface area contributed by atoms with Crippen molar-refractivity contribution in [2.24, 2.45) is 5.92 Å². The Bertz CT molecular complexity index is 506. The molecule has 4 nitrogen and oxygen atoms in total. The van der Waals surface area contributed by atoms with E-state index < -0.39 is 0 Å². The van der Waals surface area contributed by atoms with Gasteiger partial charge in [0.1, 0.15) is 0 Å². The molecule has 0 radical (unpaired) electrons. The standard InChI is InChI=1S/C19H32N2O2S/c1-6-16(5)24-17-8-9-18(15(4)12-17)21-19(22)20-10-7-11-23-13-14(2)3/h8-9,12,14,16H,6-7,10-11,13H2,1-5H3,(H2,20,21,22). The SMILES string of the molecule is CCC(C)Sc1ccc(NC(=O)NCCCOCC(C)C)c(C)c1. The normalized spacial score (nSPS) is 12.2. The van der Waals surface area contributed by atoms with Gasteiger partial charge in [0.15, 0.2) is 0 Å². The second-order valence-electron chi connectivity index (χ2n) is 6.52. The summed E-state index contributed by atoms with van der Waals surface area (Å²) >= 11 is 1.87. The number of aryl methyl sites for hydroxylation is 1. The Kier molecular flexibility index (Phi) is 9.88. The molecule has 0 saturated carbocycles. The summed E-state index contributed by atoms with van der Waals surface area (Å²) in [6, 6.07) is 6.01. The first-order valence-electron chi connectivity index (χ1n) is 8.82. The van der Waals surface area contributed by atoms with E-state index in [1.54, 1.807) is 0 Å². The number of benzene rings is 1. The molecule has 0 aromatic heterocycles. The molecule has 0 heterocycles. The van der Waals surface area contributed by atoms with Gasteiger partial charge in [0.05, 0.1) is 0 Å². The number of amides is 2. The van der Waals surface area contributed by atoms with Crippen molar-refractivity contribution in [2.45, 2.75) is 57.6 Å². The van der Waals surface area contributed by atoms with Gasteiger partial charge in [0.2, 0.25) is 0 Å². The Balaban J connectivity index is 2.33. The maximum Gasteiger partial charge on any atom is 0.319 e. The summed E-state index contributed by atoms with van der Waals surface area (Å²) in [5, 5.41) is 6.38. The highest BCUT2D eigenvalue weighted by Gasteiger charge is 2.07. The molecule has 1 rings (SSSR count). The van der Waals surface area contributed by atoms with Crippen molar-refractivity contribution in [2.75, 3.05) is 25.1 Å². The Hall–Kier alpha value is -1.20.